The Morgan fingerprint density at radius 1 is 1.14 bits per heavy atom. The molecule has 3 nitrogen and oxygen atoms in total. The predicted molar refractivity (Wildman–Crippen MR) is 93.1 cm³/mol. The minimum atomic E-state index is 0.0141. The van der Waals surface area contributed by atoms with Gasteiger partial charge in [-0.25, -0.2) is 0 Å². The van der Waals surface area contributed by atoms with Crippen LogP contribution in [-0.2, 0) is 5.75 Å². The summed E-state index contributed by atoms with van der Waals surface area (Å²) in [6.07, 6.45) is 0. The molecule has 2 aromatic carbocycles. The molecule has 0 saturated carbocycles. The molecule has 1 atom stereocenters. The molecule has 0 spiro atoms. The maximum atomic E-state index is 12.3. The first-order valence-corrected chi connectivity index (χ1v) is 8.34. The third kappa shape index (κ3) is 4.36. The Morgan fingerprint density at radius 3 is 2.36 bits per heavy atom. The Labute approximate surface area is 136 Å². The third-order valence-corrected chi connectivity index (χ3v) is 4.76. The fourth-order valence-electron chi connectivity index (χ4n) is 1.99. The summed E-state index contributed by atoms with van der Waals surface area (Å²) in [5.41, 5.74) is 7.52. The van der Waals surface area contributed by atoms with Crippen LogP contribution in [0.1, 0.15) is 22.8 Å². The number of hydrogen-bond acceptors (Lipinski definition) is 3. The molecule has 0 aliphatic rings. The van der Waals surface area contributed by atoms with Crippen LogP contribution in [-0.4, -0.2) is 30.4 Å². The van der Waals surface area contributed by atoms with Crippen molar-refractivity contribution in [2.75, 3.05) is 13.6 Å². The number of carbonyl (C=O) groups excluding carboxylic acids is 1. The predicted octanol–water partition coefficient (Wildman–Crippen LogP) is 3.40. The van der Waals surface area contributed by atoms with Gasteiger partial charge < -0.3 is 10.6 Å². The molecule has 0 heterocycles. The lowest BCUT2D eigenvalue weighted by Gasteiger charge is -2.23. The quantitative estimate of drug-likeness (QED) is 0.831. The smallest absolute Gasteiger partial charge is 0.253 e. The molecule has 0 fully saturated rings. The average molecular weight is 314 g/mol. The number of rotatable bonds is 6. The Bertz CT molecular complexity index is 598. The second kappa shape index (κ2) is 8.01. The summed E-state index contributed by atoms with van der Waals surface area (Å²) in [5, 5.41) is 0. The second-order valence-electron chi connectivity index (χ2n) is 5.30. The highest BCUT2D eigenvalue weighted by molar-refractivity contribution is 7.98. The van der Waals surface area contributed by atoms with Crippen LogP contribution in [0.15, 0.2) is 59.5 Å². The summed E-state index contributed by atoms with van der Waals surface area (Å²) in [6, 6.07) is 18.2. The molecule has 2 aromatic rings. The highest BCUT2D eigenvalue weighted by Gasteiger charge is 2.15. The van der Waals surface area contributed by atoms with Gasteiger partial charge in [-0.15, -0.1) is 11.8 Å². The van der Waals surface area contributed by atoms with Gasteiger partial charge in [-0.1, -0.05) is 30.3 Å². The van der Waals surface area contributed by atoms with Crippen LogP contribution in [0.5, 0.6) is 0 Å². The largest absolute Gasteiger partial charge is 0.338 e. The van der Waals surface area contributed by atoms with E-state index < -0.39 is 0 Å². The molecule has 0 aliphatic heterocycles. The molecular weight excluding hydrogens is 292 g/mol. The van der Waals surface area contributed by atoms with Gasteiger partial charge in [0.2, 0.25) is 0 Å². The van der Waals surface area contributed by atoms with Gasteiger partial charge in [-0.3, -0.25) is 4.79 Å². The molecule has 0 aromatic heterocycles. The second-order valence-corrected chi connectivity index (χ2v) is 6.35. The van der Waals surface area contributed by atoms with Gasteiger partial charge in [-0.05, 0) is 36.8 Å². The zero-order valence-corrected chi connectivity index (χ0v) is 13.8. The first-order valence-electron chi connectivity index (χ1n) is 7.36. The summed E-state index contributed by atoms with van der Waals surface area (Å²) in [4.78, 5) is 15.2. The summed E-state index contributed by atoms with van der Waals surface area (Å²) in [6.45, 7) is 2.41. The molecule has 0 aliphatic carbocycles. The summed E-state index contributed by atoms with van der Waals surface area (Å²) in [5.74, 6) is 0.910. The van der Waals surface area contributed by atoms with Crippen molar-refractivity contribution in [3.63, 3.8) is 0 Å². The van der Waals surface area contributed by atoms with E-state index in [1.807, 2.05) is 49.4 Å². The van der Waals surface area contributed by atoms with Crippen LogP contribution in [0, 0.1) is 0 Å². The molecule has 2 N–H and O–H groups in total. The van der Waals surface area contributed by atoms with Crippen LogP contribution >= 0.6 is 11.8 Å². The lowest BCUT2D eigenvalue weighted by Crippen LogP contribution is -2.39. The monoisotopic (exact) mass is 314 g/mol. The van der Waals surface area contributed by atoms with Crippen LogP contribution in [0.4, 0.5) is 0 Å². The number of likely N-dealkylation sites (N-methyl/N-ethyl adjacent to an activating group) is 1. The zero-order valence-electron chi connectivity index (χ0n) is 13.0. The van der Waals surface area contributed by atoms with Crippen LogP contribution < -0.4 is 5.73 Å². The van der Waals surface area contributed by atoms with Crippen molar-refractivity contribution < 1.29 is 4.79 Å². The minimum absolute atomic E-state index is 0.0141. The van der Waals surface area contributed by atoms with E-state index in [0.717, 1.165) is 5.75 Å². The van der Waals surface area contributed by atoms with E-state index in [2.05, 4.69) is 12.1 Å². The Morgan fingerprint density at radius 2 is 1.77 bits per heavy atom. The molecule has 116 valence electrons. The fourth-order valence-corrected chi connectivity index (χ4v) is 2.86. The van der Waals surface area contributed by atoms with Crippen molar-refractivity contribution >= 4 is 17.7 Å². The molecule has 2 rings (SSSR count). The number of thioether (sulfide) groups is 1. The molecule has 4 heteroatoms. The van der Waals surface area contributed by atoms with Crippen molar-refractivity contribution in [2.24, 2.45) is 5.73 Å². The van der Waals surface area contributed by atoms with Gasteiger partial charge in [-0.2, -0.15) is 0 Å². The summed E-state index contributed by atoms with van der Waals surface area (Å²) >= 11 is 1.79. The van der Waals surface area contributed by atoms with E-state index in [9.17, 15) is 4.79 Å². The van der Waals surface area contributed by atoms with Gasteiger partial charge in [0.25, 0.3) is 5.91 Å². The lowest BCUT2D eigenvalue weighted by molar-refractivity contribution is 0.0748. The van der Waals surface area contributed by atoms with Crippen LogP contribution in [0.2, 0.25) is 0 Å². The lowest BCUT2D eigenvalue weighted by atomic mass is 10.1. The number of hydrogen-bond donors (Lipinski definition) is 1. The molecule has 0 radical (unpaired) electrons. The normalized spacial score (nSPS) is 12.0. The first kappa shape index (κ1) is 16.6. The SMILES string of the molecule is CC(CN)N(C)C(=O)c1ccc(CSc2ccccc2)cc1. The van der Waals surface area contributed by atoms with E-state index >= 15 is 0 Å². The minimum Gasteiger partial charge on any atom is -0.338 e. The number of benzene rings is 2. The zero-order chi connectivity index (χ0) is 15.9. The number of nitrogens with zero attached hydrogens (tertiary/aromatic N) is 1. The van der Waals surface area contributed by atoms with Crippen molar-refractivity contribution in [3.05, 3.63) is 65.7 Å². The van der Waals surface area contributed by atoms with Crippen molar-refractivity contribution in [2.45, 2.75) is 23.6 Å². The van der Waals surface area contributed by atoms with Crippen LogP contribution in [0.3, 0.4) is 0 Å². The third-order valence-electron chi connectivity index (χ3n) is 3.67. The first-order chi connectivity index (χ1) is 10.6. The Balaban J connectivity index is 1.97. The summed E-state index contributed by atoms with van der Waals surface area (Å²) < 4.78 is 0. The van der Waals surface area contributed by atoms with E-state index in [0.29, 0.717) is 12.1 Å². The van der Waals surface area contributed by atoms with E-state index in [1.165, 1.54) is 10.5 Å². The van der Waals surface area contributed by atoms with Gasteiger partial charge in [0, 0.05) is 35.8 Å². The fraction of sp³-hybridized carbons (Fsp3) is 0.278. The molecule has 22 heavy (non-hydrogen) atoms. The molecular formula is C18H22N2OS. The topological polar surface area (TPSA) is 46.3 Å². The maximum Gasteiger partial charge on any atom is 0.253 e. The standard InChI is InChI=1S/C18H22N2OS/c1-14(12-19)20(2)18(21)16-10-8-15(9-11-16)13-22-17-6-4-3-5-7-17/h3-11,14H,12-13,19H2,1-2H3. The van der Waals surface area contributed by atoms with E-state index in [1.54, 1.807) is 23.7 Å². The average Bonchev–Trinajstić information content (AvgIpc) is 2.59. The maximum absolute atomic E-state index is 12.3. The molecule has 1 amide bonds. The molecule has 0 bridgehead atoms. The Hall–Kier alpha value is -1.78. The van der Waals surface area contributed by atoms with Gasteiger partial charge in [0.05, 0.1) is 0 Å². The summed E-state index contributed by atoms with van der Waals surface area (Å²) in [7, 11) is 1.79. The van der Waals surface area contributed by atoms with Crippen molar-refractivity contribution in [1.29, 1.82) is 0 Å². The van der Waals surface area contributed by atoms with Crippen LogP contribution in [0.25, 0.3) is 0 Å². The van der Waals surface area contributed by atoms with Gasteiger partial charge in [0.1, 0.15) is 0 Å². The number of amides is 1. The number of carbonyl (C=O) groups is 1. The molecule has 1 unspecified atom stereocenters. The highest BCUT2D eigenvalue weighted by Crippen LogP contribution is 2.22. The van der Waals surface area contributed by atoms with Gasteiger partial charge >= 0.3 is 0 Å². The van der Waals surface area contributed by atoms with Crippen molar-refractivity contribution in [3.8, 4) is 0 Å². The van der Waals surface area contributed by atoms with Crippen molar-refractivity contribution in [1.82, 2.24) is 4.90 Å². The highest BCUT2D eigenvalue weighted by atomic mass is 32.2. The van der Waals surface area contributed by atoms with E-state index in [4.69, 9.17) is 5.73 Å². The molecule has 0 saturated heterocycles. The number of nitrogens with two attached hydrogens (primary N) is 1. The van der Waals surface area contributed by atoms with Gasteiger partial charge in [0.15, 0.2) is 0 Å². The van der Waals surface area contributed by atoms with E-state index in [-0.39, 0.29) is 11.9 Å². The Kier molecular flexibility index (Phi) is 6.04.